The van der Waals surface area contributed by atoms with Gasteiger partial charge in [-0.1, -0.05) is 30.3 Å². The number of rotatable bonds is 8. The van der Waals surface area contributed by atoms with Crippen molar-refractivity contribution in [1.29, 1.82) is 0 Å². The minimum atomic E-state index is -0.310. The molecular weight excluding hydrogens is 384 g/mol. The van der Waals surface area contributed by atoms with Crippen molar-refractivity contribution < 1.29 is 4.79 Å². The van der Waals surface area contributed by atoms with E-state index < -0.39 is 0 Å². The van der Waals surface area contributed by atoms with E-state index in [9.17, 15) is 9.59 Å². The van der Waals surface area contributed by atoms with Gasteiger partial charge in [0.2, 0.25) is 5.91 Å². The van der Waals surface area contributed by atoms with E-state index in [-0.39, 0.29) is 16.7 Å². The fourth-order valence-corrected chi connectivity index (χ4v) is 4.85. The van der Waals surface area contributed by atoms with E-state index in [2.05, 4.69) is 22.1 Å². The third-order valence-corrected chi connectivity index (χ3v) is 6.75. The summed E-state index contributed by atoms with van der Waals surface area (Å²) in [5.41, 5.74) is 0.622. The van der Waals surface area contributed by atoms with Crippen molar-refractivity contribution in [2.45, 2.75) is 69.4 Å². The number of amides is 1. The van der Waals surface area contributed by atoms with Gasteiger partial charge < -0.3 is 10.2 Å². The van der Waals surface area contributed by atoms with Crippen molar-refractivity contribution in [3.05, 3.63) is 34.6 Å². The fraction of sp³-hybridized carbons (Fsp3) is 0.591. The van der Waals surface area contributed by atoms with Crippen molar-refractivity contribution in [2.75, 3.05) is 19.6 Å². The zero-order valence-corrected chi connectivity index (χ0v) is 18.5. The molecule has 0 spiro atoms. The molecule has 7 heteroatoms. The number of nitrogens with one attached hydrogen (secondary N) is 1. The summed E-state index contributed by atoms with van der Waals surface area (Å²) in [7, 11) is 0. The van der Waals surface area contributed by atoms with Crippen LogP contribution in [0.4, 0.5) is 0 Å². The molecule has 6 nitrogen and oxygen atoms in total. The summed E-state index contributed by atoms with van der Waals surface area (Å²) < 4.78 is 1.65. The Morgan fingerprint density at radius 1 is 1.34 bits per heavy atom. The number of hydrogen-bond donors (Lipinski definition) is 1. The maximum Gasteiger partial charge on any atom is 0.262 e. The normalized spacial score (nSPS) is 18.7. The maximum absolute atomic E-state index is 12.7. The predicted molar refractivity (Wildman–Crippen MR) is 120 cm³/mol. The minimum Gasteiger partial charge on any atom is -0.355 e. The highest BCUT2D eigenvalue weighted by atomic mass is 32.2. The molecule has 2 heterocycles. The summed E-state index contributed by atoms with van der Waals surface area (Å²) in [6, 6.07) is 8.01. The Labute approximate surface area is 177 Å². The van der Waals surface area contributed by atoms with E-state index >= 15 is 0 Å². The molecule has 1 N–H and O–H groups in total. The van der Waals surface area contributed by atoms with Crippen molar-refractivity contribution in [3.8, 4) is 0 Å². The van der Waals surface area contributed by atoms with Gasteiger partial charge in [0, 0.05) is 25.7 Å². The summed E-state index contributed by atoms with van der Waals surface area (Å²) in [4.78, 5) is 32.4. The highest BCUT2D eigenvalue weighted by Crippen LogP contribution is 2.22. The Morgan fingerprint density at radius 3 is 2.90 bits per heavy atom. The van der Waals surface area contributed by atoms with Crippen LogP contribution in [0.2, 0.25) is 0 Å². The van der Waals surface area contributed by atoms with Gasteiger partial charge in [-0.05, 0) is 58.7 Å². The summed E-state index contributed by atoms with van der Waals surface area (Å²) in [5, 5.41) is 3.95. The van der Waals surface area contributed by atoms with Gasteiger partial charge in [-0.15, -0.1) is 0 Å². The largest absolute Gasteiger partial charge is 0.355 e. The van der Waals surface area contributed by atoms with Crippen LogP contribution in [0, 0.1) is 0 Å². The number of thioether (sulfide) groups is 1. The molecule has 3 rings (SSSR count). The van der Waals surface area contributed by atoms with Crippen LogP contribution in [0.5, 0.6) is 0 Å². The Hall–Kier alpha value is -1.86. The monoisotopic (exact) mass is 416 g/mol. The molecule has 1 fully saturated rings. The molecule has 158 valence electrons. The summed E-state index contributed by atoms with van der Waals surface area (Å²) >= 11 is 1.35. The molecule has 0 aliphatic carbocycles. The Kier molecular flexibility index (Phi) is 7.72. The Bertz CT molecular complexity index is 898. The van der Waals surface area contributed by atoms with Crippen molar-refractivity contribution in [3.63, 3.8) is 0 Å². The lowest BCUT2D eigenvalue weighted by molar-refractivity contribution is -0.120. The molecule has 1 aliphatic rings. The summed E-state index contributed by atoms with van der Waals surface area (Å²) in [6.07, 6.45) is 4.84. The molecule has 1 saturated heterocycles. The van der Waals surface area contributed by atoms with Gasteiger partial charge in [0.25, 0.3) is 5.56 Å². The second-order valence-electron chi connectivity index (χ2n) is 7.75. The molecule has 1 aliphatic heterocycles. The second kappa shape index (κ2) is 10.3. The fourth-order valence-electron chi connectivity index (χ4n) is 3.86. The van der Waals surface area contributed by atoms with Gasteiger partial charge in [-0.25, -0.2) is 4.98 Å². The summed E-state index contributed by atoms with van der Waals surface area (Å²) in [6.45, 7) is 9.50. The number of fused-ring (bicyclic) bond motifs is 1. The standard InChI is InChI=1S/C22H32N4O2S/c1-4-26-21(28)18-11-5-6-12-19(18)24-22(26)29-17(3)20(27)23-13-9-15-25-14-8-7-10-16(25)2/h5-6,11-12,16-17H,4,7-10,13-15H2,1-3H3,(H,23,27). The Balaban J connectivity index is 1.56. The van der Waals surface area contributed by atoms with Crippen LogP contribution in [0.25, 0.3) is 10.9 Å². The molecular formula is C22H32N4O2S. The first-order valence-electron chi connectivity index (χ1n) is 10.7. The number of benzene rings is 1. The number of carbonyl (C=O) groups is 1. The predicted octanol–water partition coefficient (Wildman–Crippen LogP) is 3.28. The van der Waals surface area contributed by atoms with Crippen molar-refractivity contribution in [2.24, 2.45) is 0 Å². The zero-order valence-electron chi connectivity index (χ0n) is 17.7. The number of hydrogen-bond acceptors (Lipinski definition) is 5. The number of likely N-dealkylation sites (tertiary alicyclic amines) is 1. The first kappa shape index (κ1) is 21.8. The zero-order chi connectivity index (χ0) is 20.8. The second-order valence-corrected chi connectivity index (χ2v) is 9.05. The van der Waals surface area contributed by atoms with Crippen molar-refractivity contribution in [1.82, 2.24) is 19.8 Å². The first-order valence-corrected chi connectivity index (χ1v) is 11.6. The van der Waals surface area contributed by atoms with Crippen LogP contribution in [0.1, 0.15) is 46.5 Å². The molecule has 29 heavy (non-hydrogen) atoms. The Morgan fingerprint density at radius 2 is 2.14 bits per heavy atom. The summed E-state index contributed by atoms with van der Waals surface area (Å²) in [5.74, 6) is -0.00764. The number of piperidine rings is 1. The smallest absolute Gasteiger partial charge is 0.262 e. The molecule has 0 saturated carbocycles. The molecule has 2 unspecified atom stereocenters. The SMILES string of the molecule is CCn1c(SC(C)C(=O)NCCCN2CCCCC2C)nc2ccccc2c1=O. The van der Waals surface area contributed by atoms with Gasteiger partial charge in [0.1, 0.15) is 0 Å². The van der Waals surface area contributed by atoms with Crippen LogP contribution in [-0.4, -0.2) is 51.3 Å². The van der Waals surface area contributed by atoms with Crippen LogP contribution >= 0.6 is 11.8 Å². The van der Waals surface area contributed by atoms with Gasteiger partial charge in [0.15, 0.2) is 5.16 Å². The third kappa shape index (κ3) is 5.39. The van der Waals surface area contributed by atoms with E-state index in [1.807, 2.05) is 32.0 Å². The van der Waals surface area contributed by atoms with E-state index in [1.165, 1.54) is 37.6 Å². The van der Waals surface area contributed by atoms with E-state index in [0.29, 0.717) is 35.2 Å². The first-order chi connectivity index (χ1) is 14.0. The third-order valence-electron chi connectivity index (χ3n) is 5.66. The average Bonchev–Trinajstić information content (AvgIpc) is 2.72. The molecule has 0 bridgehead atoms. The molecule has 1 aromatic heterocycles. The minimum absolute atomic E-state index is 0.00764. The molecule has 1 aromatic carbocycles. The van der Waals surface area contributed by atoms with Gasteiger partial charge in [0.05, 0.1) is 16.2 Å². The van der Waals surface area contributed by atoms with Gasteiger partial charge in [-0.3, -0.25) is 14.2 Å². The molecule has 1 amide bonds. The lowest BCUT2D eigenvalue weighted by Crippen LogP contribution is -2.40. The maximum atomic E-state index is 12.7. The van der Waals surface area contributed by atoms with E-state index in [1.54, 1.807) is 10.6 Å². The lowest BCUT2D eigenvalue weighted by Gasteiger charge is -2.33. The van der Waals surface area contributed by atoms with E-state index in [4.69, 9.17) is 0 Å². The van der Waals surface area contributed by atoms with Crippen molar-refractivity contribution >= 4 is 28.6 Å². The number of para-hydroxylation sites is 1. The number of aromatic nitrogens is 2. The number of carbonyl (C=O) groups excluding carboxylic acids is 1. The van der Waals surface area contributed by atoms with E-state index in [0.717, 1.165) is 13.0 Å². The number of nitrogens with zero attached hydrogens (tertiary/aromatic N) is 3. The molecule has 2 atom stereocenters. The lowest BCUT2D eigenvalue weighted by atomic mass is 10.0. The average molecular weight is 417 g/mol. The van der Waals surface area contributed by atoms with Crippen LogP contribution in [0.15, 0.2) is 34.2 Å². The van der Waals surface area contributed by atoms with Gasteiger partial charge in [-0.2, -0.15) is 0 Å². The highest BCUT2D eigenvalue weighted by Gasteiger charge is 2.20. The van der Waals surface area contributed by atoms with Crippen LogP contribution in [-0.2, 0) is 11.3 Å². The topological polar surface area (TPSA) is 67.2 Å². The quantitative estimate of drug-likeness (QED) is 0.406. The van der Waals surface area contributed by atoms with Gasteiger partial charge >= 0.3 is 0 Å². The van der Waals surface area contributed by atoms with Crippen LogP contribution < -0.4 is 10.9 Å². The highest BCUT2D eigenvalue weighted by molar-refractivity contribution is 8.00. The molecule has 0 radical (unpaired) electrons. The molecule has 2 aromatic rings. The van der Waals surface area contributed by atoms with Crippen LogP contribution in [0.3, 0.4) is 0 Å².